The Bertz CT molecular complexity index is 129. The second-order valence-corrected chi connectivity index (χ2v) is 2.26. The van der Waals surface area contributed by atoms with Crippen LogP contribution >= 0.6 is 0 Å². The smallest absolute Gasteiger partial charge is 0.188 e. The molecular weight excluding hydrogens is 126 g/mol. The van der Waals surface area contributed by atoms with Gasteiger partial charge in [0.2, 0.25) is 0 Å². The maximum Gasteiger partial charge on any atom is 0.188 e. The Morgan fingerprint density at radius 2 is 2.20 bits per heavy atom. The quantitative estimate of drug-likeness (QED) is 0.308. The molecule has 0 fully saturated rings. The molecule has 0 aliphatic carbocycles. The first kappa shape index (κ1) is 9.01. The van der Waals surface area contributed by atoms with E-state index in [0.717, 1.165) is 18.5 Å². The summed E-state index contributed by atoms with van der Waals surface area (Å²) in [6, 6.07) is 0. The van der Waals surface area contributed by atoms with E-state index in [9.17, 15) is 0 Å². The summed E-state index contributed by atoms with van der Waals surface area (Å²) < 4.78 is 0. The molecule has 0 heterocycles. The van der Waals surface area contributed by atoms with Crippen molar-refractivity contribution in [2.75, 3.05) is 13.6 Å². The fraction of sp³-hybridized carbons (Fsp3) is 0.571. The highest BCUT2D eigenvalue weighted by atomic mass is 15.1. The van der Waals surface area contributed by atoms with E-state index in [1.54, 1.807) is 7.05 Å². The third-order valence-electron chi connectivity index (χ3n) is 1.10. The Hall–Kier alpha value is -0.990. The molecule has 3 nitrogen and oxygen atoms in total. The summed E-state index contributed by atoms with van der Waals surface area (Å²) in [5.41, 5.74) is 1.14. The minimum Gasteiger partial charge on any atom is -0.360 e. The zero-order valence-electron chi connectivity index (χ0n) is 6.62. The Balaban J connectivity index is 3.20. The Morgan fingerprint density at radius 1 is 1.60 bits per heavy atom. The SMILES string of the molecule is C=C(C)CCNC(=N)NC. The molecule has 0 unspecified atom stereocenters. The molecule has 0 aromatic carbocycles. The van der Waals surface area contributed by atoms with E-state index in [-0.39, 0.29) is 0 Å². The van der Waals surface area contributed by atoms with Gasteiger partial charge in [-0.1, -0.05) is 5.57 Å². The summed E-state index contributed by atoms with van der Waals surface area (Å²) in [5.74, 6) is 0.362. The summed E-state index contributed by atoms with van der Waals surface area (Å²) in [6.45, 7) is 6.51. The van der Waals surface area contributed by atoms with Gasteiger partial charge in [-0.05, 0) is 13.3 Å². The molecule has 0 atom stereocenters. The van der Waals surface area contributed by atoms with Gasteiger partial charge in [-0.15, -0.1) is 6.58 Å². The monoisotopic (exact) mass is 141 g/mol. The first-order chi connectivity index (χ1) is 4.66. The molecule has 0 amide bonds. The molecule has 0 aromatic heterocycles. The molecule has 0 aromatic rings. The summed E-state index contributed by atoms with van der Waals surface area (Å²) >= 11 is 0. The van der Waals surface area contributed by atoms with E-state index in [1.807, 2.05) is 6.92 Å². The van der Waals surface area contributed by atoms with Crippen LogP contribution < -0.4 is 10.6 Å². The van der Waals surface area contributed by atoms with Gasteiger partial charge in [-0.3, -0.25) is 5.41 Å². The van der Waals surface area contributed by atoms with Crippen molar-refractivity contribution in [3.63, 3.8) is 0 Å². The molecule has 0 rings (SSSR count). The van der Waals surface area contributed by atoms with Gasteiger partial charge in [0, 0.05) is 13.6 Å². The van der Waals surface area contributed by atoms with Crippen LogP contribution in [0, 0.1) is 5.41 Å². The van der Waals surface area contributed by atoms with E-state index in [4.69, 9.17) is 5.41 Å². The number of rotatable bonds is 3. The second-order valence-electron chi connectivity index (χ2n) is 2.26. The molecular formula is C7H15N3. The van der Waals surface area contributed by atoms with Crippen molar-refractivity contribution in [1.29, 1.82) is 5.41 Å². The lowest BCUT2D eigenvalue weighted by atomic mass is 10.2. The van der Waals surface area contributed by atoms with Crippen LogP contribution in [0.5, 0.6) is 0 Å². The summed E-state index contributed by atoms with van der Waals surface area (Å²) in [4.78, 5) is 0. The molecule has 0 radical (unpaired) electrons. The lowest BCUT2D eigenvalue weighted by molar-refractivity contribution is 0.825. The molecule has 0 bridgehead atoms. The molecule has 0 spiro atoms. The predicted molar refractivity (Wildman–Crippen MR) is 44.2 cm³/mol. The van der Waals surface area contributed by atoms with E-state index in [2.05, 4.69) is 17.2 Å². The van der Waals surface area contributed by atoms with Crippen LogP contribution in [-0.4, -0.2) is 19.6 Å². The third-order valence-corrected chi connectivity index (χ3v) is 1.10. The molecule has 0 saturated heterocycles. The standard InChI is InChI=1S/C7H15N3/c1-6(2)4-5-10-7(8)9-3/h1,4-5H2,2-3H3,(H3,8,9,10). The molecule has 3 heteroatoms. The van der Waals surface area contributed by atoms with Crippen LogP contribution in [0.2, 0.25) is 0 Å². The van der Waals surface area contributed by atoms with Gasteiger partial charge in [0.25, 0.3) is 0 Å². The van der Waals surface area contributed by atoms with E-state index in [0.29, 0.717) is 5.96 Å². The zero-order chi connectivity index (χ0) is 7.98. The topological polar surface area (TPSA) is 47.9 Å². The van der Waals surface area contributed by atoms with E-state index in [1.165, 1.54) is 0 Å². The Morgan fingerprint density at radius 3 is 2.60 bits per heavy atom. The number of hydrogen-bond donors (Lipinski definition) is 3. The Kier molecular flexibility index (Phi) is 4.37. The van der Waals surface area contributed by atoms with E-state index < -0.39 is 0 Å². The highest BCUT2D eigenvalue weighted by Crippen LogP contribution is 1.90. The summed E-state index contributed by atoms with van der Waals surface area (Å²) in [6.07, 6.45) is 0.921. The fourth-order valence-corrected chi connectivity index (χ4v) is 0.489. The molecule has 0 aliphatic heterocycles. The van der Waals surface area contributed by atoms with Crippen LogP contribution in [0.4, 0.5) is 0 Å². The zero-order valence-corrected chi connectivity index (χ0v) is 6.62. The van der Waals surface area contributed by atoms with Gasteiger partial charge < -0.3 is 10.6 Å². The highest BCUT2D eigenvalue weighted by Gasteiger charge is 1.89. The van der Waals surface area contributed by atoms with Crippen LogP contribution in [-0.2, 0) is 0 Å². The first-order valence-corrected chi connectivity index (χ1v) is 3.31. The van der Waals surface area contributed by atoms with Gasteiger partial charge in [-0.2, -0.15) is 0 Å². The lowest BCUT2D eigenvalue weighted by Gasteiger charge is -2.05. The summed E-state index contributed by atoms with van der Waals surface area (Å²) in [7, 11) is 1.72. The van der Waals surface area contributed by atoms with Gasteiger partial charge in [0.05, 0.1) is 0 Å². The number of guanidine groups is 1. The van der Waals surface area contributed by atoms with Crippen molar-refractivity contribution < 1.29 is 0 Å². The molecule has 10 heavy (non-hydrogen) atoms. The van der Waals surface area contributed by atoms with Crippen LogP contribution in [0.25, 0.3) is 0 Å². The maximum absolute atomic E-state index is 7.13. The summed E-state index contributed by atoms with van der Waals surface area (Å²) in [5, 5.41) is 12.7. The van der Waals surface area contributed by atoms with Crippen molar-refractivity contribution in [2.45, 2.75) is 13.3 Å². The van der Waals surface area contributed by atoms with Crippen LogP contribution in [0.15, 0.2) is 12.2 Å². The largest absolute Gasteiger partial charge is 0.360 e. The van der Waals surface area contributed by atoms with Crippen molar-refractivity contribution in [1.82, 2.24) is 10.6 Å². The van der Waals surface area contributed by atoms with Gasteiger partial charge in [0.1, 0.15) is 0 Å². The number of hydrogen-bond acceptors (Lipinski definition) is 1. The maximum atomic E-state index is 7.13. The number of nitrogens with one attached hydrogen (secondary N) is 3. The van der Waals surface area contributed by atoms with Crippen molar-refractivity contribution in [2.24, 2.45) is 0 Å². The van der Waals surface area contributed by atoms with Crippen molar-refractivity contribution >= 4 is 5.96 Å². The molecule has 0 aliphatic rings. The minimum atomic E-state index is 0.362. The average Bonchev–Trinajstić information content (AvgIpc) is 1.87. The van der Waals surface area contributed by atoms with E-state index >= 15 is 0 Å². The first-order valence-electron chi connectivity index (χ1n) is 3.31. The third kappa shape index (κ3) is 5.15. The molecule has 58 valence electrons. The predicted octanol–water partition coefficient (Wildman–Crippen LogP) is 0.696. The Labute approximate surface area is 62.0 Å². The van der Waals surface area contributed by atoms with Crippen LogP contribution in [0.3, 0.4) is 0 Å². The highest BCUT2D eigenvalue weighted by molar-refractivity contribution is 5.75. The van der Waals surface area contributed by atoms with Gasteiger partial charge in [-0.25, -0.2) is 0 Å². The van der Waals surface area contributed by atoms with Gasteiger partial charge in [0.15, 0.2) is 5.96 Å². The van der Waals surface area contributed by atoms with Crippen molar-refractivity contribution in [3.8, 4) is 0 Å². The second kappa shape index (κ2) is 4.85. The minimum absolute atomic E-state index is 0.362. The lowest BCUT2D eigenvalue weighted by Crippen LogP contribution is -2.34. The fourth-order valence-electron chi connectivity index (χ4n) is 0.489. The average molecular weight is 141 g/mol. The molecule has 3 N–H and O–H groups in total. The van der Waals surface area contributed by atoms with Crippen LogP contribution in [0.1, 0.15) is 13.3 Å². The van der Waals surface area contributed by atoms with Gasteiger partial charge >= 0.3 is 0 Å². The van der Waals surface area contributed by atoms with Crippen molar-refractivity contribution in [3.05, 3.63) is 12.2 Å². The molecule has 0 saturated carbocycles. The normalized spacial score (nSPS) is 8.60.